The summed E-state index contributed by atoms with van der Waals surface area (Å²) in [6, 6.07) is 22.6. The fourth-order valence-electron chi connectivity index (χ4n) is 4.89. The number of nitrogens with zero attached hydrogens (tertiary/aromatic N) is 1. The Bertz CT molecular complexity index is 1270. The van der Waals surface area contributed by atoms with Crippen LogP contribution >= 0.6 is 11.8 Å². The molecule has 35 heavy (non-hydrogen) atoms. The summed E-state index contributed by atoms with van der Waals surface area (Å²) in [7, 11) is -3.99. The van der Waals surface area contributed by atoms with Crippen molar-refractivity contribution in [2.45, 2.75) is 54.8 Å². The van der Waals surface area contributed by atoms with Gasteiger partial charge >= 0.3 is 5.97 Å². The number of aliphatic carboxylic acids is 1. The third-order valence-corrected chi connectivity index (χ3v) is 9.88. The predicted octanol–water partition coefficient (Wildman–Crippen LogP) is 5.94. The maximum absolute atomic E-state index is 14.2. The van der Waals surface area contributed by atoms with Crippen LogP contribution in [0.1, 0.15) is 36.6 Å². The minimum absolute atomic E-state index is 0.103. The van der Waals surface area contributed by atoms with E-state index in [0.29, 0.717) is 5.56 Å². The lowest BCUT2D eigenvalue weighted by Gasteiger charge is -2.33. The second kappa shape index (κ2) is 10.2. The normalized spacial score (nSPS) is 23.0. The Morgan fingerprint density at radius 2 is 1.43 bits per heavy atom. The van der Waals surface area contributed by atoms with E-state index >= 15 is 0 Å². The van der Waals surface area contributed by atoms with Crippen LogP contribution in [0.25, 0.3) is 0 Å². The number of rotatable bonds is 7. The van der Waals surface area contributed by atoms with Crippen LogP contribution in [0.3, 0.4) is 0 Å². The molecule has 0 aromatic heterocycles. The molecule has 1 aliphatic rings. The highest BCUT2D eigenvalue weighted by atomic mass is 32.2. The maximum Gasteiger partial charge on any atom is 0.309 e. The molecule has 4 rings (SSSR count). The van der Waals surface area contributed by atoms with Crippen molar-refractivity contribution in [3.8, 4) is 0 Å². The molecule has 0 unspecified atom stereocenters. The van der Waals surface area contributed by atoms with Crippen molar-refractivity contribution >= 4 is 27.8 Å². The van der Waals surface area contributed by atoms with Crippen molar-refractivity contribution in [1.82, 2.24) is 4.31 Å². The Morgan fingerprint density at radius 1 is 0.886 bits per heavy atom. The summed E-state index contributed by atoms with van der Waals surface area (Å²) in [6.45, 7) is 7.80. The quantitative estimate of drug-likeness (QED) is 0.427. The summed E-state index contributed by atoms with van der Waals surface area (Å²) in [6.07, 6.45) is 0. The number of carboxylic acids is 1. The Balaban J connectivity index is 1.93. The lowest BCUT2D eigenvalue weighted by Crippen LogP contribution is -2.43. The average molecular weight is 510 g/mol. The molecule has 1 fully saturated rings. The number of sulfonamides is 1. The summed E-state index contributed by atoms with van der Waals surface area (Å²) < 4.78 is 29.9. The van der Waals surface area contributed by atoms with Gasteiger partial charge in [-0.25, -0.2) is 8.42 Å². The topological polar surface area (TPSA) is 74.7 Å². The molecule has 0 radical (unpaired) electrons. The van der Waals surface area contributed by atoms with Crippen molar-refractivity contribution in [3.05, 3.63) is 95.6 Å². The van der Waals surface area contributed by atoms with Crippen molar-refractivity contribution in [3.63, 3.8) is 0 Å². The van der Waals surface area contributed by atoms with Crippen LogP contribution in [0.2, 0.25) is 0 Å². The molecule has 184 valence electrons. The molecule has 0 bridgehead atoms. The Morgan fingerprint density at radius 3 is 1.94 bits per heavy atom. The average Bonchev–Trinajstić information content (AvgIpc) is 3.16. The van der Waals surface area contributed by atoms with Crippen molar-refractivity contribution in [2.75, 3.05) is 0 Å². The zero-order valence-corrected chi connectivity index (χ0v) is 22.0. The molecule has 0 aliphatic carbocycles. The first kappa shape index (κ1) is 25.5. The lowest BCUT2D eigenvalue weighted by molar-refractivity contribution is -0.142. The molecular formula is C28H31NO4S2. The van der Waals surface area contributed by atoms with Gasteiger partial charge in [-0.15, -0.1) is 11.8 Å². The molecule has 1 N–H and O–H groups in total. The zero-order valence-electron chi connectivity index (χ0n) is 20.3. The van der Waals surface area contributed by atoms with Crippen LogP contribution in [0.5, 0.6) is 0 Å². The van der Waals surface area contributed by atoms with E-state index in [1.165, 1.54) is 16.1 Å². The summed E-state index contributed by atoms with van der Waals surface area (Å²) >= 11 is 1.46. The molecule has 0 amide bonds. The first-order valence-corrected chi connectivity index (χ1v) is 14.0. The van der Waals surface area contributed by atoms with E-state index in [-0.39, 0.29) is 10.8 Å². The highest BCUT2D eigenvalue weighted by Crippen LogP contribution is 2.52. The summed E-state index contributed by atoms with van der Waals surface area (Å²) in [5, 5.41) is 10.0. The van der Waals surface area contributed by atoms with Gasteiger partial charge in [0.15, 0.2) is 0 Å². The van der Waals surface area contributed by atoms with E-state index in [0.717, 1.165) is 16.0 Å². The van der Waals surface area contributed by atoms with Crippen molar-refractivity contribution in [1.29, 1.82) is 0 Å². The van der Waals surface area contributed by atoms with E-state index in [2.05, 4.69) is 0 Å². The van der Waals surface area contributed by atoms with Crippen LogP contribution in [0, 0.1) is 25.7 Å². The van der Waals surface area contributed by atoms with Crippen LogP contribution < -0.4 is 0 Å². The summed E-state index contributed by atoms with van der Waals surface area (Å²) in [5.41, 5.74) is 2.68. The highest BCUT2D eigenvalue weighted by Gasteiger charge is 2.58. The molecule has 1 heterocycles. The smallest absolute Gasteiger partial charge is 0.309 e. The number of hydrogen-bond donors (Lipinski definition) is 1. The summed E-state index contributed by atoms with van der Waals surface area (Å²) in [5.74, 6) is -2.01. The van der Waals surface area contributed by atoms with E-state index in [1.54, 1.807) is 24.3 Å². The minimum Gasteiger partial charge on any atom is -0.481 e. The Hall–Kier alpha value is -2.61. The van der Waals surface area contributed by atoms with Gasteiger partial charge in [-0.3, -0.25) is 4.79 Å². The Kier molecular flexibility index (Phi) is 7.40. The SMILES string of the molecule is Cc1ccc([C@H]2[C@H](C(=O)O)[C@H](Sc3ccccc3)[C@@H](C(C)C)N2S(=O)(=O)c2ccc(C)cc2)cc1. The van der Waals surface area contributed by atoms with Gasteiger partial charge in [0.2, 0.25) is 10.0 Å². The molecule has 3 aromatic rings. The van der Waals surface area contributed by atoms with E-state index < -0.39 is 39.2 Å². The van der Waals surface area contributed by atoms with E-state index in [1.807, 2.05) is 82.3 Å². The largest absolute Gasteiger partial charge is 0.481 e. The van der Waals surface area contributed by atoms with Crippen LogP contribution in [-0.2, 0) is 14.8 Å². The molecule has 3 aromatic carbocycles. The van der Waals surface area contributed by atoms with Gasteiger partial charge in [-0.05, 0) is 49.6 Å². The van der Waals surface area contributed by atoms with E-state index in [4.69, 9.17) is 0 Å². The van der Waals surface area contributed by atoms with Gasteiger partial charge in [0.05, 0.1) is 16.9 Å². The first-order valence-electron chi connectivity index (χ1n) is 11.7. The fraction of sp³-hybridized carbons (Fsp3) is 0.321. The number of thioether (sulfide) groups is 1. The zero-order chi connectivity index (χ0) is 25.3. The van der Waals surface area contributed by atoms with Crippen molar-refractivity contribution < 1.29 is 18.3 Å². The van der Waals surface area contributed by atoms with Crippen LogP contribution in [-0.4, -0.2) is 35.1 Å². The van der Waals surface area contributed by atoms with Gasteiger partial charge in [0, 0.05) is 16.2 Å². The lowest BCUT2D eigenvalue weighted by atomic mass is 9.91. The maximum atomic E-state index is 14.2. The van der Waals surface area contributed by atoms with Gasteiger partial charge in [-0.1, -0.05) is 79.6 Å². The number of benzene rings is 3. The van der Waals surface area contributed by atoms with Crippen LogP contribution in [0.4, 0.5) is 0 Å². The standard InChI is InChI=1S/C28H31NO4S2/c1-18(2)25-27(34-22-8-6-5-7-9-22)24(28(30)31)26(21-14-10-19(3)11-15-21)29(25)35(32,33)23-16-12-20(4)13-17-23/h5-18,24-27H,1-4H3,(H,30,31)/t24-,25+,26-,27-/m0/s1. The number of hydrogen-bond acceptors (Lipinski definition) is 4. The van der Waals surface area contributed by atoms with Crippen LogP contribution in [0.15, 0.2) is 88.7 Å². The second-order valence-corrected chi connectivity index (χ2v) is 12.6. The van der Waals surface area contributed by atoms with Gasteiger partial charge < -0.3 is 5.11 Å². The molecule has 1 aliphatic heterocycles. The highest BCUT2D eigenvalue weighted by molar-refractivity contribution is 8.00. The molecule has 4 atom stereocenters. The molecule has 7 heteroatoms. The third-order valence-electron chi connectivity index (χ3n) is 6.60. The minimum atomic E-state index is -3.99. The van der Waals surface area contributed by atoms with Gasteiger partial charge in [0.1, 0.15) is 0 Å². The molecule has 0 spiro atoms. The van der Waals surface area contributed by atoms with Crippen molar-refractivity contribution in [2.24, 2.45) is 11.8 Å². The predicted molar refractivity (Wildman–Crippen MR) is 140 cm³/mol. The number of carbonyl (C=O) groups is 1. The first-order chi connectivity index (χ1) is 16.6. The molecular weight excluding hydrogens is 478 g/mol. The van der Waals surface area contributed by atoms with Gasteiger partial charge in [0.25, 0.3) is 0 Å². The molecule has 5 nitrogen and oxygen atoms in total. The second-order valence-electron chi connectivity index (χ2n) is 9.50. The van der Waals surface area contributed by atoms with E-state index in [9.17, 15) is 18.3 Å². The third kappa shape index (κ3) is 5.03. The monoisotopic (exact) mass is 509 g/mol. The fourth-order valence-corrected chi connectivity index (χ4v) is 8.56. The van der Waals surface area contributed by atoms with Gasteiger partial charge in [-0.2, -0.15) is 4.31 Å². The molecule has 0 saturated carbocycles. The number of carboxylic acid groups (broad SMARTS) is 1. The molecule has 1 saturated heterocycles. The summed E-state index contributed by atoms with van der Waals surface area (Å²) in [4.78, 5) is 13.9. The number of aryl methyl sites for hydroxylation is 2. The Labute approximate surface area is 212 Å².